The molecule has 25 heavy (non-hydrogen) atoms. The molecule has 0 spiro atoms. The maximum atomic E-state index is 11.9. The Morgan fingerprint density at radius 3 is 2.72 bits per heavy atom. The number of ether oxygens (including phenoxy) is 1. The van der Waals surface area contributed by atoms with Crippen LogP contribution >= 0.6 is 11.6 Å². The van der Waals surface area contributed by atoms with Crippen LogP contribution in [0.25, 0.3) is 0 Å². The molecule has 1 fully saturated rings. The number of carbonyl (C=O) groups excluding carboxylic acids is 2. The Morgan fingerprint density at radius 1 is 1.20 bits per heavy atom. The molecular formula is C19H19ClN2O3. The lowest BCUT2D eigenvalue weighted by Crippen LogP contribution is -2.28. The number of halogens is 1. The monoisotopic (exact) mass is 358 g/mol. The molecular weight excluding hydrogens is 340 g/mol. The van der Waals surface area contributed by atoms with E-state index in [4.69, 9.17) is 16.3 Å². The number of hydrogen-bond acceptors (Lipinski definition) is 3. The Labute approximate surface area is 151 Å². The molecule has 1 N–H and O–H groups in total. The summed E-state index contributed by atoms with van der Waals surface area (Å²) in [5, 5.41) is 3.46. The molecule has 1 heterocycles. The first-order valence-electron chi connectivity index (χ1n) is 8.16. The molecule has 1 aliphatic rings. The molecule has 6 heteroatoms. The zero-order chi connectivity index (χ0) is 17.6. The van der Waals surface area contributed by atoms with Gasteiger partial charge in [-0.1, -0.05) is 29.8 Å². The first-order chi connectivity index (χ1) is 12.1. The van der Waals surface area contributed by atoms with E-state index in [1.807, 2.05) is 24.3 Å². The molecule has 5 nitrogen and oxygen atoms in total. The van der Waals surface area contributed by atoms with E-state index >= 15 is 0 Å². The minimum atomic E-state index is -0.211. The van der Waals surface area contributed by atoms with Crippen LogP contribution in [0.2, 0.25) is 5.02 Å². The fourth-order valence-electron chi connectivity index (χ4n) is 2.67. The van der Waals surface area contributed by atoms with E-state index in [1.165, 1.54) is 0 Å². The van der Waals surface area contributed by atoms with Crippen LogP contribution in [-0.4, -0.2) is 25.0 Å². The summed E-state index contributed by atoms with van der Waals surface area (Å²) >= 11 is 5.83. The van der Waals surface area contributed by atoms with Gasteiger partial charge in [0.25, 0.3) is 5.91 Å². The van der Waals surface area contributed by atoms with Crippen molar-refractivity contribution in [1.82, 2.24) is 5.32 Å². The van der Waals surface area contributed by atoms with Crippen LogP contribution in [0.3, 0.4) is 0 Å². The molecule has 0 saturated carbocycles. The summed E-state index contributed by atoms with van der Waals surface area (Å²) in [6, 6.07) is 14.5. The first kappa shape index (κ1) is 17.3. The lowest BCUT2D eigenvalue weighted by Gasteiger charge is -2.16. The summed E-state index contributed by atoms with van der Waals surface area (Å²) in [6.07, 6.45) is 1.45. The van der Waals surface area contributed by atoms with E-state index in [2.05, 4.69) is 5.32 Å². The molecule has 0 aromatic heterocycles. The Kier molecular flexibility index (Phi) is 5.56. The second kappa shape index (κ2) is 8.03. The highest BCUT2D eigenvalue weighted by atomic mass is 35.5. The number of nitrogens with one attached hydrogen (secondary N) is 1. The summed E-state index contributed by atoms with van der Waals surface area (Å²) in [5.74, 6) is 0.481. The van der Waals surface area contributed by atoms with E-state index < -0.39 is 0 Å². The predicted octanol–water partition coefficient (Wildman–Crippen LogP) is 3.16. The molecule has 1 aliphatic heterocycles. The van der Waals surface area contributed by atoms with Crippen LogP contribution in [0.1, 0.15) is 18.4 Å². The van der Waals surface area contributed by atoms with Gasteiger partial charge in [-0.3, -0.25) is 9.59 Å². The van der Waals surface area contributed by atoms with Crippen molar-refractivity contribution >= 4 is 29.1 Å². The third-order valence-corrected chi connectivity index (χ3v) is 4.23. The number of carbonyl (C=O) groups is 2. The van der Waals surface area contributed by atoms with Crippen molar-refractivity contribution in [3.63, 3.8) is 0 Å². The van der Waals surface area contributed by atoms with Gasteiger partial charge >= 0.3 is 0 Å². The van der Waals surface area contributed by atoms with Crippen LogP contribution in [0.4, 0.5) is 5.69 Å². The van der Waals surface area contributed by atoms with Gasteiger partial charge in [0.15, 0.2) is 6.61 Å². The minimum Gasteiger partial charge on any atom is -0.484 e. The molecule has 0 unspecified atom stereocenters. The Hall–Kier alpha value is -2.53. The molecule has 1 saturated heterocycles. The smallest absolute Gasteiger partial charge is 0.258 e. The van der Waals surface area contributed by atoms with Crippen molar-refractivity contribution in [1.29, 1.82) is 0 Å². The average Bonchev–Trinajstić information content (AvgIpc) is 3.06. The fourth-order valence-corrected chi connectivity index (χ4v) is 2.79. The van der Waals surface area contributed by atoms with E-state index in [-0.39, 0.29) is 18.4 Å². The lowest BCUT2D eigenvalue weighted by atomic mass is 10.2. The van der Waals surface area contributed by atoms with Gasteiger partial charge in [0.2, 0.25) is 5.91 Å². The van der Waals surface area contributed by atoms with Gasteiger partial charge < -0.3 is 15.0 Å². The van der Waals surface area contributed by atoms with Crippen LogP contribution in [0.5, 0.6) is 5.75 Å². The normalized spacial score (nSPS) is 13.8. The van der Waals surface area contributed by atoms with Gasteiger partial charge in [-0.25, -0.2) is 0 Å². The molecule has 0 aliphatic carbocycles. The summed E-state index contributed by atoms with van der Waals surface area (Å²) in [7, 11) is 0. The maximum absolute atomic E-state index is 11.9. The summed E-state index contributed by atoms with van der Waals surface area (Å²) < 4.78 is 5.54. The van der Waals surface area contributed by atoms with Gasteiger partial charge in [-0.2, -0.15) is 0 Å². The first-order valence-corrected chi connectivity index (χ1v) is 8.54. The third kappa shape index (κ3) is 4.73. The summed E-state index contributed by atoms with van der Waals surface area (Å²) in [6.45, 7) is 1.07. The number of rotatable bonds is 6. The highest BCUT2D eigenvalue weighted by Crippen LogP contribution is 2.25. The maximum Gasteiger partial charge on any atom is 0.258 e. The predicted molar refractivity (Wildman–Crippen MR) is 96.8 cm³/mol. The van der Waals surface area contributed by atoms with Crippen LogP contribution in [0.15, 0.2) is 48.5 Å². The highest BCUT2D eigenvalue weighted by molar-refractivity contribution is 6.30. The average molecular weight is 359 g/mol. The molecule has 2 aromatic rings. The van der Waals surface area contributed by atoms with Gasteiger partial charge in [0, 0.05) is 36.3 Å². The highest BCUT2D eigenvalue weighted by Gasteiger charge is 2.21. The molecule has 3 rings (SSSR count). The zero-order valence-electron chi connectivity index (χ0n) is 13.7. The summed E-state index contributed by atoms with van der Waals surface area (Å²) in [5.41, 5.74) is 1.77. The number of anilines is 1. The zero-order valence-corrected chi connectivity index (χ0v) is 14.5. The van der Waals surface area contributed by atoms with Crippen LogP contribution in [0, 0.1) is 0 Å². The third-order valence-electron chi connectivity index (χ3n) is 3.98. The number of hydrogen-bond donors (Lipinski definition) is 1. The van der Waals surface area contributed by atoms with Crippen molar-refractivity contribution < 1.29 is 14.3 Å². The molecule has 0 bridgehead atoms. The Morgan fingerprint density at radius 2 is 2.00 bits per heavy atom. The summed E-state index contributed by atoms with van der Waals surface area (Å²) in [4.78, 5) is 25.5. The topological polar surface area (TPSA) is 58.6 Å². The second-order valence-electron chi connectivity index (χ2n) is 5.84. The number of amides is 2. The minimum absolute atomic E-state index is 0.0784. The van der Waals surface area contributed by atoms with E-state index in [1.54, 1.807) is 29.2 Å². The van der Waals surface area contributed by atoms with Crippen molar-refractivity contribution in [3.05, 3.63) is 59.1 Å². The van der Waals surface area contributed by atoms with E-state index in [0.29, 0.717) is 23.7 Å². The molecule has 0 atom stereocenters. The quantitative estimate of drug-likeness (QED) is 0.862. The SMILES string of the molecule is O=C(COc1cccc(N2CCCC2=O)c1)NCc1ccc(Cl)cc1. The van der Waals surface area contributed by atoms with Crippen LogP contribution < -0.4 is 15.0 Å². The van der Waals surface area contributed by atoms with Crippen molar-refractivity contribution in [2.45, 2.75) is 19.4 Å². The van der Waals surface area contributed by atoms with E-state index in [0.717, 1.165) is 24.2 Å². The molecule has 2 amide bonds. The molecule has 130 valence electrons. The van der Waals surface area contributed by atoms with Crippen molar-refractivity contribution in [2.24, 2.45) is 0 Å². The van der Waals surface area contributed by atoms with Crippen LogP contribution in [-0.2, 0) is 16.1 Å². The second-order valence-corrected chi connectivity index (χ2v) is 6.27. The van der Waals surface area contributed by atoms with Gasteiger partial charge in [0.05, 0.1) is 0 Å². The standard InChI is InChI=1S/C19H19ClN2O3/c20-15-8-6-14(7-9-15)12-21-18(23)13-25-17-4-1-3-16(11-17)22-10-2-5-19(22)24/h1,3-4,6-9,11H,2,5,10,12-13H2,(H,21,23). The van der Waals surface area contributed by atoms with Crippen molar-refractivity contribution in [3.8, 4) is 5.75 Å². The lowest BCUT2D eigenvalue weighted by molar-refractivity contribution is -0.123. The van der Waals surface area contributed by atoms with Gasteiger partial charge in [-0.05, 0) is 36.2 Å². The van der Waals surface area contributed by atoms with Gasteiger partial charge in [0.1, 0.15) is 5.75 Å². The Balaban J connectivity index is 1.50. The molecule has 2 aromatic carbocycles. The van der Waals surface area contributed by atoms with Gasteiger partial charge in [-0.15, -0.1) is 0 Å². The fraction of sp³-hybridized carbons (Fsp3) is 0.263. The Bertz CT molecular complexity index is 762. The van der Waals surface area contributed by atoms with E-state index in [9.17, 15) is 9.59 Å². The molecule has 0 radical (unpaired) electrons. The largest absolute Gasteiger partial charge is 0.484 e. The number of nitrogens with zero attached hydrogens (tertiary/aromatic N) is 1. The van der Waals surface area contributed by atoms with Crippen molar-refractivity contribution in [2.75, 3.05) is 18.1 Å². The number of benzene rings is 2.